The molecule has 1 aliphatic rings. The molecule has 1 heterocycles. The summed E-state index contributed by atoms with van der Waals surface area (Å²) in [6.07, 6.45) is 3.39. The highest BCUT2D eigenvalue weighted by Crippen LogP contribution is 2.38. The highest BCUT2D eigenvalue weighted by atomic mass is 16.5. The van der Waals surface area contributed by atoms with Gasteiger partial charge in [0, 0.05) is 38.0 Å². The number of hydrogen-bond acceptors (Lipinski definition) is 8. The number of aromatic nitrogens is 2. The molecule has 1 aromatic heterocycles. The van der Waals surface area contributed by atoms with Crippen LogP contribution in [0.25, 0.3) is 10.9 Å². The van der Waals surface area contributed by atoms with E-state index in [-0.39, 0.29) is 17.9 Å². The maximum Gasteiger partial charge on any atom is 0.225 e. The summed E-state index contributed by atoms with van der Waals surface area (Å²) in [5.74, 6) is 3.26. The normalized spacial score (nSPS) is 17.4. The predicted octanol–water partition coefficient (Wildman–Crippen LogP) is 4.01. The molecule has 9 nitrogen and oxygen atoms in total. The van der Waals surface area contributed by atoms with E-state index in [9.17, 15) is 4.79 Å². The molecule has 1 aliphatic carbocycles. The third-order valence-corrected chi connectivity index (χ3v) is 6.63. The summed E-state index contributed by atoms with van der Waals surface area (Å²) in [6, 6.07) is 12.0. The van der Waals surface area contributed by atoms with Crippen LogP contribution in [-0.4, -0.2) is 57.3 Å². The Morgan fingerprint density at radius 2 is 1.64 bits per heavy atom. The molecule has 192 valence electrons. The van der Waals surface area contributed by atoms with E-state index in [1.807, 2.05) is 55.4 Å². The zero-order valence-electron chi connectivity index (χ0n) is 21.6. The molecule has 0 unspecified atom stereocenters. The van der Waals surface area contributed by atoms with Gasteiger partial charge in [0.2, 0.25) is 17.6 Å². The lowest BCUT2D eigenvalue weighted by Gasteiger charge is -2.29. The second-order valence-corrected chi connectivity index (χ2v) is 9.23. The first-order valence-corrected chi connectivity index (χ1v) is 12.2. The predicted molar refractivity (Wildman–Crippen MR) is 141 cm³/mol. The summed E-state index contributed by atoms with van der Waals surface area (Å²) in [5, 5.41) is 7.60. The highest BCUT2D eigenvalue weighted by molar-refractivity contribution is 5.90. The largest absolute Gasteiger partial charge is 0.493 e. The van der Waals surface area contributed by atoms with Gasteiger partial charge < -0.3 is 29.7 Å². The smallest absolute Gasteiger partial charge is 0.225 e. The topological polar surface area (TPSA) is 97.8 Å². The fraction of sp³-hybridized carbons (Fsp3) is 0.444. The third-order valence-electron chi connectivity index (χ3n) is 6.63. The van der Waals surface area contributed by atoms with Crippen molar-refractivity contribution < 1.29 is 19.0 Å². The van der Waals surface area contributed by atoms with Crippen molar-refractivity contribution in [3.63, 3.8) is 0 Å². The van der Waals surface area contributed by atoms with Gasteiger partial charge in [0.05, 0.1) is 26.8 Å². The molecular formula is C27H35N5O4. The van der Waals surface area contributed by atoms with Crippen LogP contribution >= 0.6 is 0 Å². The lowest BCUT2D eigenvalue weighted by molar-refractivity contribution is -0.126. The molecule has 9 heteroatoms. The minimum Gasteiger partial charge on any atom is -0.493 e. The molecule has 0 saturated heterocycles. The summed E-state index contributed by atoms with van der Waals surface area (Å²) in [6.45, 7) is 0.395. The van der Waals surface area contributed by atoms with Gasteiger partial charge in [0.1, 0.15) is 5.82 Å². The molecule has 1 amide bonds. The van der Waals surface area contributed by atoms with Gasteiger partial charge in [-0.15, -0.1) is 0 Å². The van der Waals surface area contributed by atoms with E-state index < -0.39 is 0 Å². The molecule has 0 bridgehead atoms. The number of carbonyl (C=O) groups excluding carboxylic acids is 1. The zero-order chi connectivity index (χ0) is 25.7. The Balaban J connectivity index is 1.34. The number of rotatable bonds is 9. The monoisotopic (exact) mass is 493 g/mol. The van der Waals surface area contributed by atoms with Crippen molar-refractivity contribution in [3.05, 3.63) is 42.0 Å². The average molecular weight is 494 g/mol. The first-order valence-electron chi connectivity index (χ1n) is 12.2. The second kappa shape index (κ2) is 11.3. The molecule has 4 rings (SSSR count). The Hall–Kier alpha value is -3.75. The van der Waals surface area contributed by atoms with Crippen molar-refractivity contribution in [2.24, 2.45) is 5.92 Å². The number of benzene rings is 2. The van der Waals surface area contributed by atoms with E-state index in [4.69, 9.17) is 24.2 Å². The van der Waals surface area contributed by atoms with Crippen molar-refractivity contribution in [2.45, 2.75) is 38.3 Å². The molecule has 0 aliphatic heterocycles. The molecule has 1 saturated carbocycles. The van der Waals surface area contributed by atoms with Crippen LogP contribution in [0.4, 0.5) is 11.8 Å². The van der Waals surface area contributed by atoms with Crippen LogP contribution in [0.5, 0.6) is 17.2 Å². The van der Waals surface area contributed by atoms with Crippen LogP contribution in [0.1, 0.15) is 31.2 Å². The van der Waals surface area contributed by atoms with Crippen molar-refractivity contribution in [3.8, 4) is 17.2 Å². The maximum atomic E-state index is 12.9. The number of para-hydroxylation sites is 1. The van der Waals surface area contributed by atoms with Crippen LogP contribution in [0.2, 0.25) is 0 Å². The van der Waals surface area contributed by atoms with Gasteiger partial charge in [0.25, 0.3) is 0 Å². The fourth-order valence-electron chi connectivity index (χ4n) is 4.72. The van der Waals surface area contributed by atoms with Gasteiger partial charge in [-0.3, -0.25) is 4.79 Å². The van der Waals surface area contributed by atoms with Gasteiger partial charge >= 0.3 is 0 Å². The Morgan fingerprint density at radius 1 is 0.972 bits per heavy atom. The van der Waals surface area contributed by atoms with Crippen LogP contribution in [-0.2, 0) is 11.3 Å². The molecule has 3 aromatic rings. The van der Waals surface area contributed by atoms with Gasteiger partial charge in [-0.25, -0.2) is 4.98 Å². The number of nitrogens with one attached hydrogen (secondary N) is 2. The number of amides is 1. The summed E-state index contributed by atoms with van der Waals surface area (Å²) in [4.78, 5) is 24.3. The van der Waals surface area contributed by atoms with Gasteiger partial charge in [-0.1, -0.05) is 12.1 Å². The SMILES string of the molecule is COc1cc(CNC(=O)C2CCC(Nc3nc(N(C)C)c4ccccc4n3)CC2)cc(OC)c1OC. The van der Waals surface area contributed by atoms with E-state index in [1.54, 1.807) is 21.3 Å². The summed E-state index contributed by atoms with van der Waals surface area (Å²) < 4.78 is 16.2. The fourth-order valence-corrected chi connectivity index (χ4v) is 4.72. The lowest BCUT2D eigenvalue weighted by Crippen LogP contribution is -2.36. The Morgan fingerprint density at radius 3 is 2.25 bits per heavy atom. The minimum absolute atomic E-state index is 0.0139. The third kappa shape index (κ3) is 5.56. The first kappa shape index (κ1) is 25.3. The van der Waals surface area contributed by atoms with E-state index >= 15 is 0 Å². The molecule has 2 N–H and O–H groups in total. The molecule has 2 aromatic carbocycles. The Labute approximate surface area is 212 Å². The number of carbonyl (C=O) groups is 1. The number of hydrogen-bond donors (Lipinski definition) is 2. The molecule has 0 spiro atoms. The van der Waals surface area contributed by atoms with Crippen molar-refractivity contribution in [2.75, 3.05) is 45.6 Å². The number of fused-ring (bicyclic) bond motifs is 1. The number of ether oxygens (including phenoxy) is 3. The van der Waals surface area contributed by atoms with Crippen molar-refractivity contribution >= 4 is 28.6 Å². The van der Waals surface area contributed by atoms with E-state index in [2.05, 4.69) is 10.6 Å². The highest BCUT2D eigenvalue weighted by Gasteiger charge is 2.27. The lowest BCUT2D eigenvalue weighted by atomic mass is 9.85. The summed E-state index contributed by atoms with van der Waals surface area (Å²) >= 11 is 0. The number of anilines is 2. The summed E-state index contributed by atoms with van der Waals surface area (Å²) in [5.41, 5.74) is 1.80. The molecule has 0 radical (unpaired) electrons. The van der Waals surface area contributed by atoms with Crippen molar-refractivity contribution in [1.82, 2.24) is 15.3 Å². The molecule has 0 atom stereocenters. The van der Waals surface area contributed by atoms with Crippen LogP contribution in [0.3, 0.4) is 0 Å². The second-order valence-electron chi connectivity index (χ2n) is 9.23. The maximum absolute atomic E-state index is 12.9. The van der Waals surface area contributed by atoms with Crippen molar-refractivity contribution in [1.29, 1.82) is 0 Å². The summed E-state index contributed by atoms with van der Waals surface area (Å²) in [7, 11) is 8.70. The molecule has 36 heavy (non-hydrogen) atoms. The Bertz CT molecular complexity index is 1180. The van der Waals surface area contributed by atoms with E-state index in [0.717, 1.165) is 48.0 Å². The molecular weight excluding hydrogens is 458 g/mol. The minimum atomic E-state index is -0.0139. The van der Waals surface area contributed by atoms with E-state index in [1.165, 1.54) is 0 Å². The molecule has 1 fully saturated rings. The zero-order valence-corrected chi connectivity index (χ0v) is 21.6. The van der Waals surface area contributed by atoms with E-state index in [0.29, 0.717) is 29.7 Å². The quantitative estimate of drug-likeness (QED) is 0.462. The van der Waals surface area contributed by atoms with Crippen LogP contribution < -0.4 is 29.7 Å². The standard InChI is InChI=1S/C27H35N5O4/c1-32(2)25-20-8-6-7-9-21(20)30-27(31-25)29-19-12-10-18(11-13-19)26(33)28-16-17-14-22(34-3)24(36-5)23(15-17)35-4/h6-9,14-15,18-19H,10-13,16H2,1-5H3,(H,28,33)(H,29,30,31). The van der Waals surface area contributed by atoms with Gasteiger partial charge in [0.15, 0.2) is 11.5 Å². The number of methoxy groups -OCH3 is 3. The first-order chi connectivity index (χ1) is 17.4. The Kier molecular flexibility index (Phi) is 7.97. The van der Waals surface area contributed by atoms with Gasteiger partial charge in [-0.2, -0.15) is 4.98 Å². The average Bonchev–Trinajstić information content (AvgIpc) is 2.90. The van der Waals surface area contributed by atoms with Gasteiger partial charge in [-0.05, 0) is 55.5 Å². The number of nitrogens with zero attached hydrogens (tertiary/aromatic N) is 3. The van der Waals surface area contributed by atoms with Crippen LogP contribution in [0.15, 0.2) is 36.4 Å². The van der Waals surface area contributed by atoms with Crippen LogP contribution in [0, 0.1) is 5.92 Å².